The van der Waals surface area contributed by atoms with Crippen LogP contribution < -0.4 is 0 Å². The number of methoxy groups -OCH3 is 1. The van der Waals surface area contributed by atoms with Crippen LogP contribution in [0.25, 0.3) is 11.1 Å². The Kier molecular flexibility index (Phi) is 9.00. The van der Waals surface area contributed by atoms with Crippen molar-refractivity contribution in [2.45, 2.75) is 58.5 Å². The molecule has 0 spiro atoms. The fourth-order valence-electron chi connectivity index (χ4n) is 6.00. The van der Waals surface area contributed by atoms with E-state index >= 15 is 0 Å². The summed E-state index contributed by atoms with van der Waals surface area (Å²) in [6, 6.07) is 20.2. The second-order valence-corrected chi connectivity index (χ2v) is 13.0. The van der Waals surface area contributed by atoms with Crippen molar-refractivity contribution in [2.24, 2.45) is 5.92 Å². The average molecular weight is 607 g/mol. The third-order valence-corrected chi connectivity index (χ3v) is 8.48. The first-order valence-corrected chi connectivity index (χ1v) is 15.3. The van der Waals surface area contributed by atoms with E-state index in [2.05, 4.69) is 24.3 Å². The Morgan fingerprint density at radius 2 is 1.69 bits per heavy atom. The molecule has 3 aromatic carbocycles. The summed E-state index contributed by atoms with van der Waals surface area (Å²) in [5.41, 5.74) is 7.85. The lowest BCUT2D eigenvalue weighted by Gasteiger charge is -2.24. The first kappa shape index (κ1) is 30.2. The number of benzene rings is 3. The van der Waals surface area contributed by atoms with Crippen LogP contribution in [0.2, 0.25) is 10.0 Å². The van der Waals surface area contributed by atoms with Gasteiger partial charge in [0, 0.05) is 23.1 Å². The van der Waals surface area contributed by atoms with E-state index in [9.17, 15) is 9.59 Å². The smallest absolute Gasteiger partial charge is 0.410 e. The molecular formula is C35H37Cl2NO4. The van der Waals surface area contributed by atoms with Gasteiger partial charge in [0.05, 0.1) is 12.7 Å². The van der Waals surface area contributed by atoms with Gasteiger partial charge < -0.3 is 14.4 Å². The van der Waals surface area contributed by atoms with Crippen molar-refractivity contribution in [1.82, 2.24) is 4.90 Å². The Morgan fingerprint density at radius 3 is 2.38 bits per heavy atom. The Balaban J connectivity index is 1.47. The first-order chi connectivity index (χ1) is 20.0. The predicted octanol–water partition coefficient (Wildman–Crippen LogP) is 8.87. The lowest BCUT2D eigenvalue weighted by molar-refractivity contribution is 0.0288. The quantitative estimate of drug-likeness (QED) is 0.272. The molecule has 1 saturated heterocycles. The van der Waals surface area contributed by atoms with E-state index in [0.29, 0.717) is 28.1 Å². The van der Waals surface area contributed by atoms with Crippen molar-refractivity contribution in [3.63, 3.8) is 0 Å². The maximum absolute atomic E-state index is 12.5. The maximum atomic E-state index is 12.5. The fraction of sp³-hybridized carbons (Fsp3) is 0.371. The number of ether oxygens (including phenoxy) is 2. The summed E-state index contributed by atoms with van der Waals surface area (Å²) in [6.07, 6.45) is 4.22. The second-order valence-electron chi connectivity index (χ2n) is 12.2. The van der Waals surface area contributed by atoms with E-state index in [0.717, 1.165) is 72.0 Å². The number of carbonyl (C=O) groups is 2. The zero-order valence-electron chi connectivity index (χ0n) is 24.6. The van der Waals surface area contributed by atoms with Gasteiger partial charge in [0.15, 0.2) is 0 Å². The highest BCUT2D eigenvalue weighted by Gasteiger charge is 2.30. The van der Waals surface area contributed by atoms with Gasteiger partial charge in [-0.2, -0.15) is 0 Å². The molecule has 0 N–H and O–H groups in total. The van der Waals surface area contributed by atoms with Crippen LogP contribution in [-0.4, -0.2) is 42.8 Å². The van der Waals surface area contributed by atoms with Gasteiger partial charge >= 0.3 is 12.1 Å². The monoisotopic (exact) mass is 605 g/mol. The molecule has 0 radical (unpaired) electrons. The van der Waals surface area contributed by atoms with Gasteiger partial charge in [-0.3, -0.25) is 0 Å². The van der Waals surface area contributed by atoms with Gasteiger partial charge in [0.2, 0.25) is 0 Å². The van der Waals surface area contributed by atoms with Gasteiger partial charge in [-0.1, -0.05) is 59.6 Å². The Bertz CT molecular complexity index is 1520. The van der Waals surface area contributed by atoms with E-state index in [1.54, 1.807) is 6.07 Å². The summed E-state index contributed by atoms with van der Waals surface area (Å²) in [4.78, 5) is 26.7. The largest absolute Gasteiger partial charge is 0.465 e. The number of fused-ring (bicyclic) bond motifs is 1. The number of rotatable bonds is 5. The third-order valence-electron chi connectivity index (χ3n) is 7.93. The zero-order chi connectivity index (χ0) is 30.0. The molecular weight excluding hydrogens is 569 g/mol. The van der Waals surface area contributed by atoms with Crippen LogP contribution in [-0.2, 0) is 22.3 Å². The highest BCUT2D eigenvalue weighted by molar-refractivity contribution is 6.36. The van der Waals surface area contributed by atoms with Crippen LogP contribution in [0.5, 0.6) is 0 Å². The van der Waals surface area contributed by atoms with Crippen molar-refractivity contribution in [2.75, 3.05) is 20.2 Å². The highest BCUT2D eigenvalue weighted by Crippen LogP contribution is 2.42. The second kappa shape index (κ2) is 12.5. The van der Waals surface area contributed by atoms with Crippen LogP contribution in [0.4, 0.5) is 4.79 Å². The maximum Gasteiger partial charge on any atom is 0.410 e. The van der Waals surface area contributed by atoms with E-state index in [1.807, 2.05) is 56.0 Å². The molecule has 0 aromatic heterocycles. The van der Waals surface area contributed by atoms with Crippen LogP contribution in [0.3, 0.4) is 0 Å². The molecule has 1 fully saturated rings. The topological polar surface area (TPSA) is 55.8 Å². The van der Waals surface area contributed by atoms with Gasteiger partial charge in [0.1, 0.15) is 5.60 Å². The molecule has 1 amide bonds. The Hall–Kier alpha value is -3.28. The number of amides is 1. The van der Waals surface area contributed by atoms with Crippen molar-refractivity contribution in [3.8, 4) is 0 Å². The average Bonchev–Trinajstić information content (AvgIpc) is 3.33. The summed E-state index contributed by atoms with van der Waals surface area (Å²) < 4.78 is 10.6. The number of likely N-dealkylation sites (tertiary alicyclic amines) is 1. The molecule has 1 aliphatic heterocycles. The molecule has 1 aliphatic carbocycles. The molecule has 1 heterocycles. The SMILES string of the molecule is COC(=O)c1ccc2c(c1)CCCC(c1ccc(Cl)cc1Cl)=C2c1ccc(C[C@H]2CCN(C(=O)OC(C)(C)C)C2)cc1. The number of carbonyl (C=O) groups excluding carboxylic acids is 2. The van der Waals surface area contributed by atoms with Crippen LogP contribution in [0.15, 0.2) is 60.7 Å². The van der Waals surface area contributed by atoms with Crippen molar-refractivity contribution < 1.29 is 19.1 Å². The number of esters is 1. The first-order valence-electron chi connectivity index (χ1n) is 14.5. The van der Waals surface area contributed by atoms with Gasteiger partial charge in [-0.15, -0.1) is 0 Å². The molecule has 0 bridgehead atoms. The minimum absolute atomic E-state index is 0.233. The standard InChI is InChI=1S/C35H37Cl2NO4/c1-35(2,3)42-34(40)38-17-16-23(21-38)18-22-8-10-24(11-9-22)32-28-14-12-26(33(39)41-4)19-25(28)6-5-7-30(32)29-15-13-27(36)20-31(29)37/h8-15,19-20,23H,5-7,16-18,21H2,1-4H3/t23-/m1/s1. The van der Waals surface area contributed by atoms with Crippen molar-refractivity contribution >= 4 is 46.4 Å². The number of hydrogen-bond acceptors (Lipinski definition) is 4. The number of nitrogens with zero attached hydrogens (tertiary/aromatic N) is 1. The lowest BCUT2D eigenvalue weighted by atomic mass is 9.86. The summed E-state index contributed by atoms with van der Waals surface area (Å²) in [7, 11) is 1.40. The number of halogens is 2. The van der Waals surface area contributed by atoms with Crippen LogP contribution in [0, 0.1) is 5.92 Å². The molecule has 0 saturated carbocycles. The molecule has 5 rings (SSSR count). The Labute approximate surface area is 258 Å². The van der Waals surface area contributed by atoms with Crippen LogP contribution in [0.1, 0.15) is 78.2 Å². The molecule has 0 unspecified atom stereocenters. The molecule has 3 aromatic rings. The lowest BCUT2D eigenvalue weighted by Crippen LogP contribution is -2.35. The van der Waals surface area contributed by atoms with E-state index in [1.165, 1.54) is 12.7 Å². The summed E-state index contributed by atoms with van der Waals surface area (Å²) >= 11 is 13.0. The summed E-state index contributed by atoms with van der Waals surface area (Å²) in [5, 5.41) is 1.22. The highest BCUT2D eigenvalue weighted by atomic mass is 35.5. The summed E-state index contributed by atoms with van der Waals surface area (Å²) in [5.74, 6) is 0.0522. The normalized spacial score (nSPS) is 17.1. The molecule has 42 heavy (non-hydrogen) atoms. The predicted molar refractivity (Wildman–Crippen MR) is 169 cm³/mol. The minimum atomic E-state index is -0.494. The molecule has 220 valence electrons. The van der Waals surface area contributed by atoms with E-state index in [-0.39, 0.29) is 12.1 Å². The number of allylic oxidation sites excluding steroid dienone is 1. The van der Waals surface area contributed by atoms with Crippen molar-refractivity contribution in [1.29, 1.82) is 0 Å². The summed E-state index contributed by atoms with van der Waals surface area (Å²) in [6.45, 7) is 7.11. The molecule has 5 nitrogen and oxygen atoms in total. The number of hydrogen-bond donors (Lipinski definition) is 0. The van der Waals surface area contributed by atoms with Gasteiger partial charge in [-0.25, -0.2) is 9.59 Å². The molecule has 7 heteroatoms. The molecule has 2 aliphatic rings. The Morgan fingerprint density at radius 1 is 0.952 bits per heavy atom. The van der Waals surface area contributed by atoms with Gasteiger partial charge in [0.25, 0.3) is 0 Å². The van der Waals surface area contributed by atoms with Gasteiger partial charge in [-0.05, 0) is 122 Å². The van der Waals surface area contributed by atoms with Crippen molar-refractivity contribution in [3.05, 3.63) is 104 Å². The van der Waals surface area contributed by atoms with E-state index in [4.69, 9.17) is 32.7 Å². The van der Waals surface area contributed by atoms with E-state index < -0.39 is 5.60 Å². The van der Waals surface area contributed by atoms with Crippen LogP contribution >= 0.6 is 23.2 Å². The fourth-order valence-corrected chi connectivity index (χ4v) is 6.52. The number of aryl methyl sites for hydroxylation is 1. The zero-order valence-corrected chi connectivity index (χ0v) is 26.1. The molecule has 1 atom stereocenters. The third kappa shape index (κ3) is 6.85. The minimum Gasteiger partial charge on any atom is -0.465 e.